The number of alkyl halides is 6. The summed E-state index contributed by atoms with van der Waals surface area (Å²) in [5.74, 6) is -1.47. The Morgan fingerprint density at radius 3 is 2.41 bits per heavy atom. The van der Waals surface area contributed by atoms with E-state index in [1.807, 2.05) is 0 Å². The normalized spacial score (nSPS) is 19.2. The third-order valence-corrected chi connectivity index (χ3v) is 8.42. The van der Waals surface area contributed by atoms with Gasteiger partial charge in [0.05, 0.1) is 29.5 Å². The van der Waals surface area contributed by atoms with Crippen LogP contribution in [0.25, 0.3) is 0 Å². The molecule has 2 aliphatic rings. The molecule has 1 amide bonds. The molecule has 226 valence electrons. The third kappa shape index (κ3) is 7.89. The van der Waals surface area contributed by atoms with Crippen molar-refractivity contribution < 1.29 is 48.7 Å². The first kappa shape index (κ1) is 31.0. The number of rotatable bonds is 8. The zero-order valence-corrected chi connectivity index (χ0v) is 22.4. The van der Waals surface area contributed by atoms with Crippen LogP contribution in [-0.4, -0.2) is 51.1 Å². The second-order valence-corrected chi connectivity index (χ2v) is 11.7. The first-order chi connectivity index (χ1) is 19.1. The fourth-order valence-electron chi connectivity index (χ4n) is 4.84. The van der Waals surface area contributed by atoms with Crippen LogP contribution in [-0.2, 0) is 27.5 Å². The topological polar surface area (TPSA) is 87.7 Å². The van der Waals surface area contributed by atoms with Crippen molar-refractivity contribution in [3.05, 3.63) is 58.9 Å². The van der Waals surface area contributed by atoms with Crippen molar-refractivity contribution in [1.82, 2.24) is 14.9 Å². The lowest BCUT2D eigenvalue weighted by molar-refractivity contribution is -0.158. The molecule has 2 aromatic carbocycles. The summed E-state index contributed by atoms with van der Waals surface area (Å²) in [5.41, 5.74) is -0.748. The Balaban J connectivity index is 1.47. The van der Waals surface area contributed by atoms with Crippen LogP contribution in [0.1, 0.15) is 54.8 Å². The van der Waals surface area contributed by atoms with Crippen LogP contribution in [0, 0.1) is 5.82 Å². The van der Waals surface area contributed by atoms with Crippen molar-refractivity contribution in [2.24, 2.45) is 0 Å². The molecule has 1 fully saturated rings. The van der Waals surface area contributed by atoms with Crippen LogP contribution in [0.4, 0.5) is 30.7 Å². The van der Waals surface area contributed by atoms with Crippen molar-refractivity contribution in [2.75, 3.05) is 19.7 Å². The number of carbonyl (C=O) groups excluding carboxylic acids is 1. The highest BCUT2D eigenvalue weighted by Crippen LogP contribution is 2.35. The quantitative estimate of drug-likeness (QED) is 0.408. The largest absolute Gasteiger partial charge is 0.493 e. The molecular weight excluding hydrogens is 583 g/mol. The molecular formula is C26H28F7N3O4S. The van der Waals surface area contributed by atoms with Gasteiger partial charge in [-0.3, -0.25) is 9.69 Å². The molecule has 0 unspecified atom stereocenters. The van der Waals surface area contributed by atoms with Gasteiger partial charge in [-0.25, -0.2) is 12.8 Å². The van der Waals surface area contributed by atoms with Crippen LogP contribution in [0.5, 0.6) is 5.75 Å². The average Bonchev–Trinajstić information content (AvgIpc) is 2.89. The fraction of sp³-hybridized carbons (Fsp3) is 0.500. The van der Waals surface area contributed by atoms with Crippen molar-refractivity contribution >= 4 is 15.9 Å². The molecule has 1 saturated heterocycles. The maximum Gasteiger partial charge on any atom is 0.416 e. The van der Waals surface area contributed by atoms with Crippen LogP contribution >= 0.6 is 0 Å². The zero-order valence-electron chi connectivity index (χ0n) is 21.6. The highest BCUT2D eigenvalue weighted by atomic mass is 32.2. The van der Waals surface area contributed by atoms with E-state index in [1.165, 1.54) is 16.9 Å². The summed E-state index contributed by atoms with van der Waals surface area (Å²) in [6.07, 6.45) is -8.34. The van der Waals surface area contributed by atoms with Gasteiger partial charge in [-0.05, 0) is 56.3 Å². The van der Waals surface area contributed by atoms with Gasteiger partial charge >= 0.3 is 12.4 Å². The van der Waals surface area contributed by atoms with E-state index in [0.29, 0.717) is 24.2 Å². The van der Waals surface area contributed by atoms with Gasteiger partial charge in [-0.2, -0.15) is 31.1 Å². The number of sulfonamides is 1. The first-order valence-corrected chi connectivity index (χ1v) is 14.3. The van der Waals surface area contributed by atoms with Crippen LogP contribution in [0.2, 0.25) is 0 Å². The number of carbonyl (C=O) groups is 1. The van der Waals surface area contributed by atoms with E-state index in [1.54, 1.807) is 0 Å². The van der Waals surface area contributed by atoms with Crippen LogP contribution in [0.3, 0.4) is 0 Å². The van der Waals surface area contributed by atoms with E-state index < -0.39 is 63.1 Å². The van der Waals surface area contributed by atoms with Gasteiger partial charge in [-0.1, -0.05) is 12.5 Å². The Labute approximate surface area is 232 Å². The highest BCUT2D eigenvalue weighted by molar-refractivity contribution is 7.89. The lowest BCUT2D eigenvalue weighted by Gasteiger charge is -2.30. The van der Waals surface area contributed by atoms with Crippen molar-refractivity contribution in [3.63, 3.8) is 0 Å². The molecule has 0 saturated carbocycles. The second kappa shape index (κ2) is 12.1. The molecule has 2 aromatic rings. The van der Waals surface area contributed by atoms with Gasteiger partial charge in [0.25, 0.3) is 0 Å². The van der Waals surface area contributed by atoms with Gasteiger partial charge in [0.1, 0.15) is 17.6 Å². The summed E-state index contributed by atoms with van der Waals surface area (Å²) in [4.78, 5) is 13.7. The van der Waals surface area contributed by atoms with Gasteiger partial charge in [0.15, 0.2) is 0 Å². The number of likely N-dealkylation sites (tertiary alicyclic amines) is 1. The predicted molar refractivity (Wildman–Crippen MR) is 133 cm³/mol. The lowest BCUT2D eigenvalue weighted by Crippen LogP contribution is -2.48. The smallest absolute Gasteiger partial charge is 0.416 e. The van der Waals surface area contributed by atoms with Gasteiger partial charge < -0.3 is 10.1 Å². The molecule has 0 aromatic heterocycles. The minimum absolute atomic E-state index is 0.0948. The standard InChI is InChI=1S/C26H28F7N3O4S/c27-20-13-19-21(7-10-40-22(19)11-16(20)15-36-8-2-1-3-9-36)34-24(37)14-23(26(31,32)33)35-41(38,39)18-6-4-5-17(12-18)25(28,29)30/h4-6,11-13,21,23,35H,1-3,7-10,14-15H2,(H,34,37)/t21-,23-/m1/s1. The monoisotopic (exact) mass is 611 g/mol. The Morgan fingerprint density at radius 2 is 1.76 bits per heavy atom. The van der Waals surface area contributed by atoms with Gasteiger partial charge in [0.2, 0.25) is 15.9 Å². The molecule has 0 bridgehead atoms. The summed E-state index contributed by atoms with van der Waals surface area (Å²) in [6, 6.07) is 1.06. The third-order valence-electron chi connectivity index (χ3n) is 6.95. The molecule has 0 radical (unpaired) electrons. The SMILES string of the molecule is O=C(C[C@@H](NS(=O)(=O)c1cccc(C(F)(F)F)c1)C(F)(F)F)N[C@@H]1CCOc2cc(CN3CCCCC3)c(F)cc21. The van der Waals surface area contributed by atoms with Gasteiger partial charge in [-0.15, -0.1) is 0 Å². The Morgan fingerprint density at radius 1 is 1.05 bits per heavy atom. The number of amides is 1. The number of benzene rings is 2. The van der Waals surface area contributed by atoms with Gasteiger partial charge in [0, 0.05) is 24.1 Å². The summed E-state index contributed by atoms with van der Waals surface area (Å²) in [5, 5.41) is 2.38. The Bertz CT molecular complexity index is 1360. The van der Waals surface area contributed by atoms with Crippen molar-refractivity contribution in [1.29, 1.82) is 0 Å². The molecule has 2 heterocycles. The number of piperidine rings is 1. The summed E-state index contributed by atoms with van der Waals surface area (Å²) < 4.78 is 127. The first-order valence-electron chi connectivity index (χ1n) is 12.9. The molecule has 7 nitrogen and oxygen atoms in total. The Hall–Kier alpha value is -2.91. The maximum atomic E-state index is 15.0. The average molecular weight is 612 g/mol. The maximum absolute atomic E-state index is 15.0. The molecule has 2 N–H and O–H groups in total. The molecule has 0 spiro atoms. The minimum atomic E-state index is -5.25. The van der Waals surface area contributed by atoms with Crippen LogP contribution in [0.15, 0.2) is 41.3 Å². The van der Waals surface area contributed by atoms with E-state index in [0.717, 1.165) is 38.4 Å². The number of ether oxygens (including phenoxy) is 1. The van der Waals surface area contributed by atoms with Crippen LogP contribution < -0.4 is 14.8 Å². The van der Waals surface area contributed by atoms with E-state index in [-0.39, 0.29) is 30.4 Å². The summed E-state index contributed by atoms with van der Waals surface area (Å²) in [7, 11) is -5.10. The lowest BCUT2D eigenvalue weighted by atomic mass is 9.97. The predicted octanol–water partition coefficient (Wildman–Crippen LogP) is 5.07. The summed E-state index contributed by atoms with van der Waals surface area (Å²) in [6.45, 7) is 2.11. The van der Waals surface area contributed by atoms with E-state index in [9.17, 15) is 43.9 Å². The molecule has 2 atom stereocenters. The minimum Gasteiger partial charge on any atom is -0.493 e. The molecule has 15 heteroatoms. The number of halogens is 7. The van der Waals surface area contributed by atoms with E-state index in [4.69, 9.17) is 4.74 Å². The van der Waals surface area contributed by atoms with E-state index >= 15 is 0 Å². The van der Waals surface area contributed by atoms with E-state index in [2.05, 4.69) is 10.2 Å². The molecule has 0 aliphatic carbocycles. The molecule has 4 rings (SSSR count). The van der Waals surface area contributed by atoms with Crippen molar-refractivity contribution in [2.45, 2.75) is 68.0 Å². The number of nitrogens with one attached hydrogen (secondary N) is 2. The second-order valence-electron chi connectivity index (χ2n) is 10.0. The number of hydrogen-bond acceptors (Lipinski definition) is 5. The Kier molecular flexibility index (Phi) is 9.19. The summed E-state index contributed by atoms with van der Waals surface area (Å²) >= 11 is 0. The number of hydrogen-bond donors (Lipinski definition) is 2. The van der Waals surface area contributed by atoms with Crippen molar-refractivity contribution in [3.8, 4) is 5.75 Å². The zero-order chi connectivity index (χ0) is 30.0. The number of fused-ring (bicyclic) bond motifs is 1. The fourth-order valence-corrected chi connectivity index (χ4v) is 6.11. The molecule has 2 aliphatic heterocycles. The highest BCUT2D eigenvalue weighted by Gasteiger charge is 2.44. The molecule has 41 heavy (non-hydrogen) atoms. The number of nitrogens with zero attached hydrogens (tertiary/aromatic N) is 1.